The van der Waals surface area contributed by atoms with Gasteiger partial charge in [0.05, 0.1) is 11.0 Å². The standard InChI is InChI=1S/C24H27N5O3/c1-15(2)12-13-25-21(30)14-28-24(31)29-19-10-6-5-9-18(19)26-23(22(29)27-28)32-20-11-7-8-16(3)17(20)4/h5-11,15H,12-14H2,1-4H3,(H,25,30). The summed E-state index contributed by atoms with van der Waals surface area (Å²) in [6.07, 6.45) is 0.869. The number of hydrogen-bond donors (Lipinski definition) is 1. The summed E-state index contributed by atoms with van der Waals surface area (Å²) in [4.78, 5) is 30.2. The van der Waals surface area contributed by atoms with E-state index in [4.69, 9.17) is 4.74 Å². The number of ether oxygens (including phenoxy) is 1. The second-order valence-corrected chi connectivity index (χ2v) is 8.34. The van der Waals surface area contributed by atoms with Crippen molar-refractivity contribution in [1.29, 1.82) is 0 Å². The number of hydrogen-bond acceptors (Lipinski definition) is 5. The molecule has 32 heavy (non-hydrogen) atoms. The maximum Gasteiger partial charge on any atom is 0.351 e. The first-order valence-electron chi connectivity index (χ1n) is 10.7. The number of nitrogens with zero attached hydrogens (tertiary/aromatic N) is 4. The van der Waals surface area contributed by atoms with Crippen molar-refractivity contribution in [2.45, 2.75) is 40.7 Å². The molecule has 8 nitrogen and oxygen atoms in total. The third kappa shape index (κ3) is 4.21. The van der Waals surface area contributed by atoms with Gasteiger partial charge in [-0.25, -0.2) is 18.9 Å². The Morgan fingerprint density at radius 1 is 1.12 bits per heavy atom. The highest BCUT2D eigenvalue weighted by Gasteiger charge is 2.19. The highest BCUT2D eigenvalue weighted by molar-refractivity contribution is 5.80. The van der Waals surface area contributed by atoms with Crippen LogP contribution in [-0.2, 0) is 11.3 Å². The molecular formula is C24H27N5O3. The molecule has 0 unspecified atom stereocenters. The molecule has 0 aliphatic heterocycles. The van der Waals surface area contributed by atoms with E-state index in [-0.39, 0.29) is 24.0 Å². The highest BCUT2D eigenvalue weighted by atomic mass is 16.5. The lowest BCUT2D eigenvalue weighted by molar-refractivity contribution is -0.121. The Balaban J connectivity index is 1.77. The van der Waals surface area contributed by atoms with Crippen molar-refractivity contribution < 1.29 is 9.53 Å². The topological polar surface area (TPSA) is 90.5 Å². The minimum absolute atomic E-state index is 0.171. The Bertz CT molecular complexity index is 1350. The third-order valence-corrected chi connectivity index (χ3v) is 5.47. The highest BCUT2D eigenvalue weighted by Crippen LogP contribution is 2.29. The van der Waals surface area contributed by atoms with Crippen molar-refractivity contribution in [3.63, 3.8) is 0 Å². The lowest BCUT2D eigenvalue weighted by Crippen LogP contribution is -2.33. The van der Waals surface area contributed by atoms with Crippen LogP contribution in [0.1, 0.15) is 31.4 Å². The monoisotopic (exact) mass is 433 g/mol. The van der Waals surface area contributed by atoms with Crippen molar-refractivity contribution in [1.82, 2.24) is 24.5 Å². The van der Waals surface area contributed by atoms with Crippen LogP contribution < -0.4 is 15.7 Å². The number of aryl methyl sites for hydroxylation is 1. The van der Waals surface area contributed by atoms with Crippen molar-refractivity contribution in [3.8, 4) is 11.6 Å². The Labute approximate surface area is 185 Å². The van der Waals surface area contributed by atoms with Crippen molar-refractivity contribution >= 4 is 22.6 Å². The van der Waals surface area contributed by atoms with Gasteiger partial charge in [-0.2, -0.15) is 0 Å². The van der Waals surface area contributed by atoms with Crippen LogP contribution in [0.2, 0.25) is 0 Å². The molecule has 2 aromatic heterocycles. The van der Waals surface area contributed by atoms with Gasteiger partial charge in [-0.15, -0.1) is 5.10 Å². The van der Waals surface area contributed by atoms with E-state index in [9.17, 15) is 9.59 Å². The van der Waals surface area contributed by atoms with Crippen LogP contribution in [0.3, 0.4) is 0 Å². The molecule has 0 fully saturated rings. The van der Waals surface area contributed by atoms with Gasteiger partial charge in [0.2, 0.25) is 11.6 Å². The van der Waals surface area contributed by atoms with Crippen LogP contribution in [0, 0.1) is 19.8 Å². The Kier molecular flexibility index (Phi) is 5.94. The number of fused-ring (bicyclic) bond motifs is 3. The van der Waals surface area contributed by atoms with Crippen LogP contribution in [0.5, 0.6) is 11.6 Å². The van der Waals surface area contributed by atoms with E-state index >= 15 is 0 Å². The number of carbonyl (C=O) groups is 1. The fourth-order valence-corrected chi connectivity index (χ4v) is 3.47. The first-order valence-corrected chi connectivity index (χ1v) is 10.7. The zero-order valence-corrected chi connectivity index (χ0v) is 18.8. The van der Waals surface area contributed by atoms with E-state index in [2.05, 4.69) is 29.2 Å². The summed E-state index contributed by atoms with van der Waals surface area (Å²) in [5.74, 6) is 1.08. The second-order valence-electron chi connectivity index (χ2n) is 8.34. The van der Waals surface area contributed by atoms with E-state index in [0.717, 1.165) is 22.2 Å². The zero-order chi connectivity index (χ0) is 22.8. The molecule has 1 N–H and O–H groups in total. The first-order chi connectivity index (χ1) is 15.3. The van der Waals surface area contributed by atoms with E-state index in [1.807, 2.05) is 50.2 Å². The van der Waals surface area contributed by atoms with Crippen LogP contribution in [-0.4, -0.2) is 31.6 Å². The molecule has 4 rings (SSSR count). The average molecular weight is 434 g/mol. The molecule has 166 valence electrons. The number of amides is 1. The predicted octanol–water partition coefficient (Wildman–Crippen LogP) is 3.62. The minimum Gasteiger partial charge on any atom is -0.436 e. The normalized spacial score (nSPS) is 11.4. The summed E-state index contributed by atoms with van der Waals surface area (Å²) in [6.45, 7) is 8.54. The Hall–Kier alpha value is -3.68. The molecule has 0 aliphatic rings. The number of rotatable bonds is 7. The molecule has 0 saturated heterocycles. The van der Waals surface area contributed by atoms with Crippen molar-refractivity contribution in [3.05, 3.63) is 64.1 Å². The molecular weight excluding hydrogens is 406 g/mol. The summed E-state index contributed by atoms with van der Waals surface area (Å²) in [5.41, 5.74) is 3.12. The van der Waals surface area contributed by atoms with Gasteiger partial charge in [0.15, 0.2) is 0 Å². The fraction of sp³-hybridized carbons (Fsp3) is 0.333. The summed E-state index contributed by atoms with van der Waals surface area (Å²) in [6, 6.07) is 13.1. The summed E-state index contributed by atoms with van der Waals surface area (Å²) >= 11 is 0. The van der Waals surface area contributed by atoms with E-state index in [1.165, 1.54) is 4.40 Å². The lowest BCUT2D eigenvalue weighted by atomic mass is 10.1. The maximum atomic E-state index is 13.2. The molecule has 0 radical (unpaired) electrons. The van der Waals surface area contributed by atoms with Gasteiger partial charge < -0.3 is 10.1 Å². The van der Waals surface area contributed by atoms with E-state index in [1.54, 1.807) is 6.07 Å². The number of carbonyl (C=O) groups excluding carboxylic acids is 1. The average Bonchev–Trinajstić information content (AvgIpc) is 3.08. The quantitative estimate of drug-likeness (QED) is 0.481. The van der Waals surface area contributed by atoms with Gasteiger partial charge in [-0.1, -0.05) is 38.1 Å². The van der Waals surface area contributed by atoms with Gasteiger partial charge >= 0.3 is 5.69 Å². The first kappa shape index (κ1) is 21.5. The van der Waals surface area contributed by atoms with Gasteiger partial charge in [0, 0.05) is 6.54 Å². The molecule has 0 saturated carbocycles. The molecule has 0 aliphatic carbocycles. The summed E-state index contributed by atoms with van der Waals surface area (Å²) in [7, 11) is 0. The molecule has 8 heteroatoms. The molecule has 0 spiro atoms. The maximum absolute atomic E-state index is 13.2. The van der Waals surface area contributed by atoms with Crippen LogP contribution in [0.4, 0.5) is 0 Å². The Morgan fingerprint density at radius 3 is 2.69 bits per heavy atom. The molecule has 4 aromatic rings. The second kappa shape index (κ2) is 8.82. The van der Waals surface area contributed by atoms with E-state index < -0.39 is 5.69 Å². The molecule has 1 amide bonds. The summed E-state index contributed by atoms with van der Waals surface area (Å²) in [5, 5.41) is 7.26. The fourth-order valence-electron chi connectivity index (χ4n) is 3.47. The molecule has 2 aromatic carbocycles. The molecule has 0 atom stereocenters. The Morgan fingerprint density at radius 2 is 1.91 bits per heavy atom. The number of nitrogens with one attached hydrogen (secondary N) is 1. The van der Waals surface area contributed by atoms with E-state index in [0.29, 0.717) is 29.2 Å². The van der Waals surface area contributed by atoms with Crippen molar-refractivity contribution in [2.24, 2.45) is 5.92 Å². The largest absolute Gasteiger partial charge is 0.436 e. The SMILES string of the molecule is Cc1cccc(Oc2nc3ccccc3n3c(=O)n(CC(=O)NCCC(C)C)nc23)c1C. The zero-order valence-electron chi connectivity index (χ0n) is 18.8. The smallest absolute Gasteiger partial charge is 0.351 e. The number of benzene rings is 2. The minimum atomic E-state index is -0.413. The molecule has 2 heterocycles. The van der Waals surface area contributed by atoms with Gasteiger partial charge in [-0.05, 0) is 55.5 Å². The van der Waals surface area contributed by atoms with Crippen LogP contribution in [0.15, 0.2) is 47.3 Å². The lowest BCUT2D eigenvalue weighted by Gasteiger charge is -2.11. The molecule has 0 bridgehead atoms. The predicted molar refractivity (Wildman–Crippen MR) is 123 cm³/mol. The number of aromatic nitrogens is 4. The van der Waals surface area contributed by atoms with Crippen LogP contribution >= 0.6 is 0 Å². The van der Waals surface area contributed by atoms with Crippen molar-refractivity contribution in [2.75, 3.05) is 6.54 Å². The third-order valence-electron chi connectivity index (χ3n) is 5.47. The summed E-state index contributed by atoms with van der Waals surface area (Å²) < 4.78 is 8.73. The van der Waals surface area contributed by atoms with Gasteiger partial charge in [-0.3, -0.25) is 4.79 Å². The van der Waals surface area contributed by atoms with Gasteiger partial charge in [0.25, 0.3) is 5.88 Å². The van der Waals surface area contributed by atoms with Crippen LogP contribution in [0.25, 0.3) is 16.7 Å². The van der Waals surface area contributed by atoms with Gasteiger partial charge in [0.1, 0.15) is 12.3 Å². The number of para-hydroxylation sites is 2.